The van der Waals surface area contributed by atoms with E-state index in [4.69, 9.17) is 0 Å². The number of rotatable bonds is 5. The lowest BCUT2D eigenvalue weighted by Crippen LogP contribution is -2.28. The van der Waals surface area contributed by atoms with Crippen LogP contribution in [0.3, 0.4) is 0 Å². The van der Waals surface area contributed by atoms with Gasteiger partial charge in [0.05, 0.1) is 11.6 Å². The molecule has 1 heterocycles. The van der Waals surface area contributed by atoms with Crippen molar-refractivity contribution in [1.29, 1.82) is 0 Å². The van der Waals surface area contributed by atoms with Crippen molar-refractivity contribution >= 4 is 10.9 Å². The number of aromatic nitrogens is 1. The van der Waals surface area contributed by atoms with E-state index in [1.54, 1.807) is 0 Å². The van der Waals surface area contributed by atoms with Crippen LogP contribution in [0.15, 0.2) is 24.3 Å². The normalized spacial score (nSPS) is 13.1. The number of hydrogen-bond acceptors (Lipinski definition) is 3. The minimum Gasteiger partial charge on any atom is -0.387 e. The molecule has 0 bridgehead atoms. The second-order valence-corrected chi connectivity index (χ2v) is 5.31. The lowest BCUT2D eigenvalue weighted by Gasteiger charge is -2.22. The van der Waals surface area contributed by atoms with E-state index in [1.165, 1.54) is 5.56 Å². The van der Waals surface area contributed by atoms with Gasteiger partial charge in [-0.2, -0.15) is 0 Å². The van der Waals surface area contributed by atoms with Crippen molar-refractivity contribution in [3.05, 3.63) is 41.1 Å². The van der Waals surface area contributed by atoms with E-state index in [9.17, 15) is 5.11 Å². The standard InChI is InChI=1S/C17H24N2O/c1-5-19(6-2)11-16(20)15-9-7-8-14-10-12(3)13(4)18-17(14)15/h7-10,16,20H,5-6,11H2,1-4H3. The smallest absolute Gasteiger partial charge is 0.0937 e. The summed E-state index contributed by atoms with van der Waals surface area (Å²) in [7, 11) is 0. The Morgan fingerprint density at radius 2 is 1.90 bits per heavy atom. The second kappa shape index (κ2) is 6.33. The Morgan fingerprint density at radius 1 is 1.20 bits per heavy atom. The molecule has 0 spiro atoms. The molecule has 3 nitrogen and oxygen atoms in total. The summed E-state index contributed by atoms with van der Waals surface area (Å²) in [5.41, 5.74) is 4.07. The molecule has 1 unspecified atom stereocenters. The number of hydrogen-bond donors (Lipinski definition) is 1. The zero-order valence-corrected chi connectivity index (χ0v) is 12.8. The first-order chi connectivity index (χ1) is 9.56. The van der Waals surface area contributed by atoms with Crippen molar-refractivity contribution < 1.29 is 5.11 Å². The zero-order valence-electron chi connectivity index (χ0n) is 12.8. The van der Waals surface area contributed by atoms with E-state index in [0.29, 0.717) is 6.54 Å². The fraction of sp³-hybridized carbons (Fsp3) is 0.471. The third kappa shape index (κ3) is 3.00. The van der Waals surface area contributed by atoms with E-state index in [-0.39, 0.29) is 0 Å². The third-order valence-electron chi connectivity index (χ3n) is 4.01. The van der Waals surface area contributed by atoms with Crippen LogP contribution < -0.4 is 0 Å². The molecule has 1 atom stereocenters. The van der Waals surface area contributed by atoms with Gasteiger partial charge in [-0.15, -0.1) is 0 Å². The van der Waals surface area contributed by atoms with Crippen molar-refractivity contribution in [3.63, 3.8) is 0 Å². The van der Waals surface area contributed by atoms with Crippen LogP contribution in [-0.2, 0) is 0 Å². The van der Waals surface area contributed by atoms with Crippen molar-refractivity contribution in [2.75, 3.05) is 19.6 Å². The molecule has 0 amide bonds. The van der Waals surface area contributed by atoms with Crippen molar-refractivity contribution in [2.45, 2.75) is 33.8 Å². The molecule has 2 rings (SSSR count). The van der Waals surface area contributed by atoms with Crippen LogP contribution in [0.1, 0.15) is 36.8 Å². The van der Waals surface area contributed by atoms with Gasteiger partial charge in [-0.25, -0.2) is 0 Å². The van der Waals surface area contributed by atoms with Gasteiger partial charge in [-0.3, -0.25) is 4.98 Å². The summed E-state index contributed by atoms with van der Waals surface area (Å²) in [5.74, 6) is 0. The number of nitrogens with zero attached hydrogens (tertiary/aromatic N) is 2. The fourth-order valence-corrected chi connectivity index (χ4v) is 2.51. The van der Waals surface area contributed by atoms with Gasteiger partial charge in [0, 0.05) is 23.2 Å². The molecule has 0 aliphatic rings. The Hall–Kier alpha value is -1.45. The first kappa shape index (κ1) is 14.9. The molecule has 0 saturated carbocycles. The molecule has 108 valence electrons. The van der Waals surface area contributed by atoms with Crippen molar-refractivity contribution in [2.24, 2.45) is 0 Å². The molecule has 1 aromatic carbocycles. The SMILES string of the molecule is CCN(CC)CC(O)c1cccc2cc(C)c(C)nc12. The van der Waals surface area contributed by atoms with Gasteiger partial charge in [0.15, 0.2) is 0 Å². The highest BCUT2D eigenvalue weighted by atomic mass is 16.3. The average molecular weight is 272 g/mol. The molecule has 0 aliphatic carbocycles. The summed E-state index contributed by atoms with van der Waals surface area (Å²) in [4.78, 5) is 6.90. The van der Waals surface area contributed by atoms with Gasteiger partial charge in [0.2, 0.25) is 0 Å². The molecule has 20 heavy (non-hydrogen) atoms. The number of pyridine rings is 1. The lowest BCUT2D eigenvalue weighted by molar-refractivity contribution is 0.120. The first-order valence-corrected chi connectivity index (χ1v) is 7.34. The molecule has 3 heteroatoms. The maximum absolute atomic E-state index is 10.5. The molecule has 1 aromatic heterocycles. The summed E-state index contributed by atoms with van der Waals surface area (Å²) in [5, 5.41) is 11.6. The highest BCUT2D eigenvalue weighted by Gasteiger charge is 2.15. The summed E-state index contributed by atoms with van der Waals surface area (Å²) in [6, 6.07) is 8.19. The lowest BCUT2D eigenvalue weighted by atomic mass is 10.0. The van der Waals surface area contributed by atoms with Crippen LogP contribution >= 0.6 is 0 Å². The zero-order chi connectivity index (χ0) is 14.7. The fourth-order valence-electron chi connectivity index (χ4n) is 2.51. The van der Waals surface area contributed by atoms with Crippen LogP contribution in [0, 0.1) is 13.8 Å². The van der Waals surface area contributed by atoms with Gasteiger partial charge in [0.1, 0.15) is 0 Å². The summed E-state index contributed by atoms with van der Waals surface area (Å²) in [6.45, 7) is 10.9. The highest BCUT2D eigenvalue weighted by molar-refractivity contribution is 5.83. The maximum atomic E-state index is 10.5. The molecule has 0 saturated heterocycles. The molecular weight excluding hydrogens is 248 g/mol. The minimum atomic E-state index is -0.492. The van der Waals surface area contributed by atoms with E-state index in [1.807, 2.05) is 19.1 Å². The quantitative estimate of drug-likeness (QED) is 0.908. The molecular formula is C17H24N2O. The number of aryl methyl sites for hydroxylation is 2. The van der Waals surface area contributed by atoms with E-state index in [0.717, 1.165) is 35.2 Å². The van der Waals surface area contributed by atoms with Crippen molar-refractivity contribution in [1.82, 2.24) is 9.88 Å². The van der Waals surface area contributed by atoms with Gasteiger partial charge in [0.25, 0.3) is 0 Å². The van der Waals surface area contributed by atoms with Crippen LogP contribution in [0.2, 0.25) is 0 Å². The number of para-hydroxylation sites is 1. The number of benzene rings is 1. The largest absolute Gasteiger partial charge is 0.387 e. The molecule has 0 aliphatic heterocycles. The maximum Gasteiger partial charge on any atom is 0.0937 e. The van der Waals surface area contributed by atoms with Gasteiger partial charge >= 0.3 is 0 Å². The van der Waals surface area contributed by atoms with E-state index >= 15 is 0 Å². The predicted octanol–water partition coefficient (Wildman–Crippen LogP) is 3.23. The van der Waals surface area contributed by atoms with Gasteiger partial charge < -0.3 is 10.0 Å². The average Bonchev–Trinajstić information content (AvgIpc) is 2.45. The first-order valence-electron chi connectivity index (χ1n) is 7.34. The van der Waals surface area contributed by atoms with Gasteiger partial charge in [-0.05, 0) is 38.6 Å². The van der Waals surface area contributed by atoms with E-state index < -0.39 is 6.10 Å². The topological polar surface area (TPSA) is 36.4 Å². The predicted molar refractivity (Wildman–Crippen MR) is 84.0 cm³/mol. The summed E-state index contributed by atoms with van der Waals surface area (Å²) >= 11 is 0. The summed E-state index contributed by atoms with van der Waals surface area (Å²) < 4.78 is 0. The number of likely N-dealkylation sites (N-methyl/N-ethyl adjacent to an activating group) is 1. The molecule has 0 fully saturated rings. The third-order valence-corrected chi connectivity index (χ3v) is 4.01. The Labute approximate surface area is 121 Å². The Kier molecular flexibility index (Phi) is 4.73. The minimum absolute atomic E-state index is 0.492. The molecule has 2 aromatic rings. The number of aliphatic hydroxyl groups excluding tert-OH is 1. The second-order valence-electron chi connectivity index (χ2n) is 5.31. The number of aliphatic hydroxyl groups is 1. The molecule has 1 N–H and O–H groups in total. The summed E-state index contributed by atoms with van der Waals surface area (Å²) in [6.07, 6.45) is -0.492. The number of fused-ring (bicyclic) bond motifs is 1. The van der Waals surface area contributed by atoms with Gasteiger partial charge in [-0.1, -0.05) is 32.0 Å². The Balaban J connectivity index is 2.41. The molecule has 0 radical (unpaired) electrons. The highest BCUT2D eigenvalue weighted by Crippen LogP contribution is 2.25. The van der Waals surface area contributed by atoms with Crippen LogP contribution in [-0.4, -0.2) is 34.6 Å². The van der Waals surface area contributed by atoms with Crippen LogP contribution in [0.4, 0.5) is 0 Å². The van der Waals surface area contributed by atoms with E-state index in [2.05, 4.69) is 42.8 Å². The van der Waals surface area contributed by atoms with Crippen LogP contribution in [0.25, 0.3) is 10.9 Å². The van der Waals surface area contributed by atoms with Crippen molar-refractivity contribution in [3.8, 4) is 0 Å². The Bertz CT molecular complexity index is 591. The Morgan fingerprint density at radius 3 is 2.55 bits per heavy atom. The monoisotopic (exact) mass is 272 g/mol. The van der Waals surface area contributed by atoms with Crippen LogP contribution in [0.5, 0.6) is 0 Å².